The topological polar surface area (TPSA) is 64.0 Å². The minimum atomic E-state index is -0.153. The van der Waals surface area contributed by atoms with Crippen LogP contribution in [0.15, 0.2) is 41.5 Å². The monoisotopic (exact) mass is 367 g/mol. The van der Waals surface area contributed by atoms with E-state index in [-0.39, 0.29) is 24.1 Å². The van der Waals surface area contributed by atoms with Gasteiger partial charge in [0, 0.05) is 16.5 Å². The second-order valence-electron chi connectivity index (χ2n) is 6.81. The molecule has 26 heavy (non-hydrogen) atoms. The van der Waals surface area contributed by atoms with Crippen LogP contribution in [0.5, 0.6) is 0 Å². The molecule has 0 unspecified atom stereocenters. The van der Waals surface area contributed by atoms with Gasteiger partial charge in [0.1, 0.15) is 11.4 Å². The lowest BCUT2D eigenvalue weighted by Gasteiger charge is -2.12. The zero-order valence-corrected chi connectivity index (χ0v) is 15.5. The molecule has 0 spiro atoms. The Labute approximate surface area is 155 Å². The van der Waals surface area contributed by atoms with Crippen LogP contribution in [-0.2, 0) is 11.3 Å². The first-order valence-corrected chi connectivity index (χ1v) is 9.78. The van der Waals surface area contributed by atoms with Gasteiger partial charge in [0.25, 0.3) is 5.56 Å². The van der Waals surface area contributed by atoms with Crippen LogP contribution < -0.4 is 10.9 Å². The normalized spacial score (nSPS) is 14.8. The van der Waals surface area contributed by atoms with E-state index in [9.17, 15) is 9.59 Å². The van der Waals surface area contributed by atoms with Crippen LogP contribution in [0, 0.1) is 6.92 Å². The van der Waals surface area contributed by atoms with Gasteiger partial charge in [-0.3, -0.25) is 14.2 Å². The first-order valence-electron chi connectivity index (χ1n) is 8.97. The second kappa shape index (κ2) is 7.03. The molecule has 4 rings (SSSR count). The maximum Gasteiger partial charge on any atom is 0.263 e. The summed E-state index contributed by atoms with van der Waals surface area (Å²) in [5.74, 6) is -0.117. The minimum absolute atomic E-state index is 0.0153. The van der Waals surface area contributed by atoms with Gasteiger partial charge in [-0.25, -0.2) is 4.98 Å². The van der Waals surface area contributed by atoms with Gasteiger partial charge in [-0.15, -0.1) is 11.3 Å². The number of rotatable bonds is 4. The van der Waals surface area contributed by atoms with Gasteiger partial charge in [-0.1, -0.05) is 43.2 Å². The molecule has 2 heterocycles. The van der Waals surface area contributed by atoms with E-state index in [2.05, 4.69) is 10.3 Å². The van der Waals surface area contributed by atoms with Crippen LogP contribution >= 0.6 is 11.3 Å². The molecular formula is C20H21N3O2S. The molecule has 0 atom stereocenters. The van der Waals surface area contributed by atoms with Crippen LogP contribution in [0.25, 0.3) is 21.3 Å². The summed E-state index contributed by atoms with van der Waals surface area (Å²) in [6.45, 7) is 2.02. The Kier molecular flexibility index (Phi) is 4.59. The standard InChI is InChI=1S/C20H21N3O2S/c1-13-17(14-7-3-2-4-8-14)18-19(26-13)21-12-23(20(18)25)11-16(24)22-15-9-5-6-10-15/h2-4,7-8,12,15H,5-6,9-11H2,1H3,(H,22,24). The van der Waals surface area contributed by atoms with Gasteiger partial charge in [0.05, 0.1) is 11.7 Å². The quantitative estimate of drug-likeness (QED) is 0.768. The molecule has 1 fully saturated rings. The number of carbonyl (C=O) groups is 1. The Morgan fingerprint density at radius 3 is 2.73 bits per heavy atom. The average Bonchev–Trinajstić information content (AvgIpc) is 3.25. The van der Waals surface area contributed by atoms with Gasteiger partial charge in [0.2, 0.25) is 5.91 Å². The smallest absolute Gasteiger partial charge is 0.263 e. The number of aromatic nitrogens is 2. The molecule has 1 aliphatic carbocycles. The first kappa shape index (κ1) is 17.0. The summed E-state index contributed by atoms with van der Waals surface area (Å²) in [5.41, 5.74) is 1.77. The molecule has 0 aliphatic heterocycles. The largest absolute Gasteiger partial charge is 0.352 e. The molecule has 3 aromatic rings. The number of thiophene rings is 1. The predicted molar refractivity (Wildman–Crippen MR) is 104 cm³/mol. The number of hydrogen-bond acceptors (Lipinski definition) is 4. The zero-order valence-electron chi connectivity index (χ0n) is 14.7. The Morgan fingerprint density at radius 1 is 1.27 bits per heavy atom. The summed E-state index contributed by atoms with van der Waals surface area (Å²) >= 11 is 1.52. The van der Waals surface area contributed by atoms with Crippen molar-refractivity contribution in [3.8, 4) is 11.1 Å². The highest BCUT2D eigenvalue weighted by Crippen LogP contribution is 2.35. The Morgan fingerprint density at radius 2 is 2.00 bits per heavy atom. The van der Waals surface area contributed by atoms with Crippen LogP contribution in [0.2, 0.25) is 0 Å². The van der Waals surface area contributed by atoms with Gasteiger partial charge in [-0.2, -0.15) is 0 Å². The highest BCUT2D eigenvalue weighted by molar-refractivity contribution is 7.19. The first-order chi connectivity index (χ1) is 12.6. The fourth-order valence-corrected chi connectivity index (χ4v) is 4.70. The van der Waals surface area contributed by atoms with Crippen molar-refractivity contribution < 1.29 is 4.79 Å². The molecule has 5 nitrogen and oxygen atoms in total. The third-order valence-electron chi connectivity index (χ3n) is 4.95. The summed E-state index contributed by atoms with van der Waals surface area (Å²) in [7, 11) is 0. The Bertz CT molecular complexity index is 1000. The summed E-state index contributed by atoms with van der Waals surface area (Å²) in [6.07, 6.45) is 5.86. The van der Waals surface area contributed by atoms with Gasteiger partial charge >= 0.3 is 0 Å². The van der Waals surface area contributed by atoms with Crippen LogP contribution in [0.3, 0.4) is 0 Å². The van der Waals surface area contributed by atoms with E-state index >= 15 is 0 Å². The van der Waals surface area contributed by atoms with Crippen molar-refractivity contribution in [3.63, 3.8) is 0 Å². The molecule has 0 bridgehead atoms. The summed E-state index contributed by atoms with van der Waals surface area (Å²) in [6, 6.07) is 10.1. The molecule has 0 radical (unpaired) electrons. The molecule has 1 amide bonds. The fraction of sp³-hybridized carbons (Fsp3) is 0.350. The molecule has 0 saturated heterocycles. The lowest BCUT2D eigenvalue weighted by molar-refractivity contribution is -0.122. The lowest BCUT2D eigenvalue weighted by atomic mass is 10.0. The maximum absolute atomic E-state index is 13.1. The van der Waals surface area contributed by atoms with E-state index in [1.807, 2.05) is 37.3 Å². The van der Waals surface area contributed by atoms with E-state index in [1.165, 1.54) is 22.2 Å². The lowest BCUT2D eigenvalue weighted by Crippen LogP contribution is -2.37. The van der Waals surface area contributed by atoms with Crippen molar-refractivity contribution in [1.82, 2.24) is 14.9 Å². The van der Waals surface area contributed by atoms with Crippen LogP contribution in [-0.4, -0.2) is 21.5 Å². The molecular weight excluding hydrogens is 346 g/mol. The SMILES string of the molecule is Cc1sc2ncn(CC(=O)NC3CCCC3)c(=O)c2c1-c1ccccc1. The highest BCUT2D eigenvalue weighted by Gasteiger charge is 2.20. The van der Waals surface area contributed by atoms with Crippen molar-refractivity contribution >= 4 is 27.5 Å². The maximum atomic E-state index is 13.1. The molecule has 1 saturated carbocycles. The molecule has 1 aromatic carbocycles. The second-order valence-corrected chi connectivity index (χ2v) is 8.01. The van der Waals surface area contributed by atoms with Crippen LogP contribution in [0.4, 0.5) is 0 Å². The minimum Gasteiger partial charge on any atom is -0.352 e. The molecule has 134 valence electrons. The number of nitrogens with one attached hydrogen (secondary N) is 1. The molecule has 6 heteroatoms. The fourth-order valence-electron chi connectivity index (χ4n) is 3.70. The number of fused-ring (bicyclic) bond motifs is 1. The average molecular weight is 367 g/mol. The van der Waals surface area contributed by atoms with Crippen molar-refractivity contribution in [3.05, 3.63) is 51.9 Å². The van der Waals surface area contributed by atoms with Crippen molar-refractivity contribution in [2.75, 3.05) is 0 Å². The molecule has 1 N–H and O–H groups in total. The van der Waals surface area contributed by atoms with E-state index < -0.39 is 0 Å². The number of nitrogens with zero attached hydrogens (tertiary/aromatic N) is 2. The number of amides is 1. The van der Waals surface area contributed by atoms with E-state index in [1.54, 1.807) is 0 Å². The third-order valence-corrected chi connectivity index (χ3v) is 5.96. The molecule has 2 aromatic heterocycles. The zero-order chi connectivity index (χ0) is 18.1. The number of aryl methyl sites for hydroxylation is 1. The number of benzene rings is 1. The van der Waals surface area contributed by atoms with Crippen molar-refractivity contribution in [2.45, 2.75) is 45.2 Å². The number of carbonyl (C=O) groups excluding carboxylic acids is 1. The third kappa shape index (κ3) is 3.17. The van der Waals surface area contributed by atoms with E-state index in [0.29, 0.717) is 5.39 Å². The van der Waals surface area contributed by atoms with Gasteiger partial charge in [-0.05, 0) is 25.3 Å². The predicted octanol–water partition coefficient (Wildman–Crippen LogP) is 3.49. The Balaban J connectivity index is 1.70. The van der Waals surface area contributed by atoms with Crippen LogP contribution in [0.1, 0.15) is 30.6 Å². The van der Waals surface area contributed by atoms with Crippen molar-refractivity contribution in [2.24, 2.45) is 0 Å². The van der Waals surface area contributed by atoms with Gasteiger partial charge in [0.15, 0.2) is 0 Å². The summed E-state index contributed by atoms with van der Waals surface area (Å²) in [5, 5.41) is 3.64. The molecule has 1 aliphatic rings. The Hall–Kier alpha value is -2.47. The summed E-state index contributed by atoms with van der Waals surface area (Å²) in [4.78, 5) is 31.6. The van der Waals surface area contributed by atoms with Crippen molar-refractivity contribution in [1.29, 1.82) is 0 Å². The van der Waals surface area contributed by atoms with E-state index in [4.69, 9.17) is 0 Å². The van der Waals surface area contributed by atoms with Gasteiger partial charge < -0.3 is 5.32 Å². The summed E-state index contributed by atoms with van der Waals surface area (Å²) < 4.78 is 1.42. The highest BCUT2D eigenvalue weighted by atomic mass is 32.1. The van der Waals surface area contributed by atoms with E-state index in [0.717, 1.165) is 46.5 Å². The number of hydrogen-bond donors (Lipinski definition) is 1.